The van der Waals surface area contributed by atoms with E-state index in [-0.39, 0.29) is 5.91 Å². The minimum Gasteiger partial charge on any atom is -0.365 e. The van der Waals surface area contributed by atoms with Crippen LogP contribution in [0.15, 0.2) is 0 Å². The molecule has 2 atom stereocenters. The number of halogens is 2. The molecule has 0 radical (unpaired) electrons. The summed E-state index contributed by atoms with van der Waals surface area (Å²) in [5.41, 5.74) is 6.22. The molecule has 0 aromatic carbocycles. The first-order chi connectivity index (χ1) is 10.7. The Balaban J connectivity index is 1.90. The third kappa shape index (κ3) is 2.77. The molecule has 1 saturated carbocycles. The zero-order chi connectivity index (χ0) is 17.0. The number of carbonyl (C=O) groups excluding carboxylic acids is 2. The number of fused-ring (bicyclic) bond motifs is 1. The molecule has 23 heavy (non-hydrogen) atoms. The van der Waals surface area contributed by atoms with Crippen LogP contribution in [0.4, 0.5) is 5.00 Å². The minimum absolute atomic E-state index is 0.254. The van der Waals surface area contributed by atoms with Gasteiger partial charge in [-0.15, -0.1) is 34.5 Å². The molecule has 0 bridgehead atoms. The van der Waals surface area contributed by atoms with Crippen LogP contribution < -0.4 is 11.1 Å². The van der Waals surface area contributed by atoms with Crippen molar-refractivity contribution in [1.29, 1.82) is 0 Å². The summed E-state index contributed by atoms with van der Waals surface area (Å²) >= 11 is 13.6. The highest BCUT2D eigenvalue weighted by molar-refractivity contribution is 7.17. The number of nitrogens with two attached hydrogens (primary N) is 1. The lowest BCUT2D eigenvalue weighted by molar-refractivity contribution is -0.120. The van der Waals surface area contributed by atoms with Crippen LogP contribution in [0.5, 0.6) is 0 Å². The van der Waals surface area contributed by atoms with E-state index in [1.807, 2.05) is 0 Å². The summed E-state index contributed by atoms with van der Waals surface area (Å²) in [6, 6.07) is 0. The van der Waals surface area contributed by atoms with Crippen LogP contribution in [-0.2, 0) is 17.6 Å². The van der Waals surface area contributed by atoms with Crippen molar-refractivity contribution in [2.75, 3.05) is 5.32 Å². The third-order valence-electron chi connectivity index (χ3n) is 5.18. The van der Waals surface area contributed by atoms with Gasteiger partial charge in [0.05, 0.1) is 11.0 Å². The molecule has 0 aliphatic heterocycles. The summed E-state index contributed by atoms with van der Waals surface area (Å²) in [6.45, 7) is 3.91. The molecule has 2 aliphatic rings. The van der Waals surface area contributed by atoms with Gasteiger partial charge in [-0.1, -0.05) is 13.3 Å². The van der Waals surface area contributed by atoms with Gasteiger partial charge in [0.15, 0.2) is 0 Å². The largest absolute Gasteiger partial charge is 0.365 e. The summed E-state index contributed by atoms with van der Waals surface area (Å²) in [4.78, 5) is 25.6. The molecule has 1 fully saturated rings. The van der Waals surface area contributed by atoms with Crippen molar-refractivity contribution in [3.63, 3.8) is 0 Å². The molecule has 4 nitrogen and oxygen atoms in total. The lowest BCUT2D eigenvalue weighted by Gasteiger charge is -2.20. The highest BCUT2D eigenvalue weighted by Crippen LogP contribution is 2.64. The monoisotopic (exact) mass is 374 g/mol. The van der Waals surface area contributed by atoms with Crippen LogP contribution in [-0.4, -0.2) is 16.1 Å². The van der Waals surface area contributed by atoms with Crippen molar-refractivity contribution in [1.82, 2.24) is 0 Å². The molecule has 0 spiro atoms. The van der Waals surface area contributed by atoms with E-state index in [4.69, 9.17) is 28.9 Å². The number of amides is 2. The number of thiophene rings is 1. The first-order valence-electron chi connectivity index (χ1n) is 7.83. The van der Waals surface area contributed by atoms with Crippen molar-refractivity contribution in [2.45, 2.75) is 50.3 Å². The van der Waals surface area contributed by atoms with E-state index in [0.29, 0.717) is 22.9 Å². The van der Waals surface area contributed by atoms with Crippen molar-refractivity contribution < 1.29 is 9.59 Å². The molecule has 3 rings (SSSR count). The van der Waals surface area contributed by atoms with Gasteiger partial charge < -0.3 is 11.1 Å². The normalized spacial score (nSPS) is 28.1. The molecule has 2 amide bonds. The highest BCUT2D eigenvalue weighted by Gasteiger charge is 2.68. The highest BCUT2D eigenvalue weighted by atomic mass is 35.5. The predicted octanol–water partition coefficient (Wildman–Crippen LogP) is 3.88. The van der Waals surface area contributed by atoms with Gasteiger partial charge in [0.2, 0.25) is 5.91 Å². The van der Waals surface area contributed by atoms with Gasteiger partial charge in [-0.05, 0) is 44.1 Å². The van der Waals surface area contributed by atoms with E-state index >= 15 is 0 Å². The SMILES string of the molecule is CC[C@@H]1CCc2c(sc(NC(=O)[C@@]3(C)CC3(Cl)Cl)c2C(N)=O)C1. The van der Waals surface area contributed by atoms with Crippen molar-refractivity contribution in [3.8, 4) is 0 Å². The maximum Gasteiger partial charge on any atom is 0.251 e. The second-order valence-corrected chi connectivity index (χ2v) is 9.35. The van der Waals surface area contributed by atoms with Crippen LogP contribution in [0.2, 0.25) is 0 Å². The Morgan fingerprint density at radius 3 is 2.61 bits per heavy atom. The maximum absolute atomic E-state index is 12.5. The van der Waals surface area contributed by atoms with E-state index in [9.17, 15) is 9.59 Å². The molecule has 1 aromatic heterocycles. The Kier molecular flexibility index (Phi) is 4.18. The van der Waals surface area contributed by atoms with Gasteiger partial charge in [0, 0.05) is 4.88 Å². The molecule has 126 valence electrons. The summed E-state index contributed by atoms with van der Waals surface area (Å²) in [5, 5.41) is 3.39. The lowest BCUT2D eigenvalue weighted by atomic mass is 9.85. The zero-order valence-corrected chi connectivity index (χ0v) is 15.5. The van der Waals surface area contributed by atoms with Crippen LogP contribution in [0.25, 0.3) is 0 Å². The van der Waals surface area contributed by atoms with Crippen LogP contribution >= 0.6 is 34.5 Å². The van der Waals surface area contributed by atoms with Crippen LogP contribution in [0.1, 0.15) is 53.9 Å². The first kappa shape index (κ1) is 17.1. The maximum atomic E-state index is 12.5. The number of anilines is 1. The molecule has 7 heteroatoms. The van der Waals surface area contributed by atoms with Gasteiger partial charge in [-0.3, -0.25) is 9.59 Å². The minimum atomic E-state index is -1.03. The number of primary amides is 1. The Hall–Kier alpha value is -0.780. The topological polar surface area (TPSA) is 72.2 Å². The van der Waals surface area contributed by atoms with Gasteiger partial charge >= 0.3 is 0 Å². The third-order valence-corrected chi connectivity index (χ3v) is 7.45. The number of nitrogens with one attached hydrogen (secondary N) is 1. The smallest absolute Gasteiger partial charge is 0.251 e. The van der Waals surface area contributed by atoms with Crippen molar-refractivity contribution in [3.05, 3.63) is 16.0 Å². The van der Waals surface area contributed by atoms with Crippen LogP contribution in [0.3, 0.4) is 0 Å². The number of alkyl halides is 2. The standard InChI is InChI=1S/C16H20Cl2N2O2S/c1-3-8-4-5-9-10(6-8)23-13(11(9)12(19)21)20-14(22)15(2)7-16(15,17)18/h8H,3-7H2,1-2H3,(H2,19,21)(H,20,22)/t8-,15-/m1/s1. The molecule has 2 aliphatic carbocycles. The van der Waals surface area contributed by atoms with Gasteiger partial charge in [-0.2, -0.15) is 0 Å². The fourth-order valence-corrected chi connectivity index (χ4v) is 5.31. The molecular formula is C16H20Cl2N2O2S. The fourth-order valence-electron chi connectivity index (χ4n) is 3.24. The second kappa shape index (κ2) is 5.64. The Labute approximate surface area is 149 Å². The predicted molar refractivity (Wildman–Crippen MR) is 94.4 cm³/mol. The van der Waals surface area contributed by atoms with E-state index in [0.717, 1.165) is 36.1 Å². The number of hydrogen-bond donors (Lipinski definition) is 2. The van der Waals surface area contributed by atoms with Crippen LogP contribution in [0, 0.1) is 11.3 Å². The van der Waals surface area contributed by atoms with E-state index < -0.39 is 15.7 Å². The fraction of sp³-hybridized carbons (Fsp3) is 0.625. The number of hydrogen-bond acceptors (Lipinski definition) is 3. The molecule has 0 saturated heterocycles. The van der Waals surface area contributed by atoms with Gasteiger partial charge in [0.1, 0.15) is 9.33 Å². The molecule has 1 heterocycles. The van der Waals surface area contributed by atoms with E-state index in [2.05, 4.69) is 12.2 Å². The summed E-state index contributed by atoms with van der Waals surface area (Å²) in [7, 11) is 0. The number of rotatable bonds is 4. The van der Waals surface area contributed by atoms with Gasteiger partial charge in [-0.25, -0.2) is 0 Å². The Morgan fingerprint density at radius 2 is 2.09 bits per heavy atom. The molecular weight excluding hydrogens is 355 g/mol. The summed E-state index contributed by atoms with van der Waals surface area (Å²) in [6.07, 6.45) is 4.36. The molecule has 3 N–H and O–H groups in total. The van der Waals surface area contributed by atoms with E-state index in [1.165, 1.54) is 11.3 Å². The molecule has 0 unspecified atom stereocenters. The summed E-state index contributed by atoms with van der Waals surface area (Å²) < 4.78 is -1.03. The second-order valence-electron chi connectivity index (χ2n) is 6.76. The summed E-state index contributed by atoms with van der Waals surface area (Å²) in [5.74, 6) is -0.114. The molecule has 1 aromatic rings. The van der Waals surface area contributed by atoms with Crippen molar-refractivity contribution in [2.24, 2.45) is 17.1 Å². The first-order valence-corrected chi connectivity index (χ1v) is 9.40. The number of carbonyl (C=O) groups is 2. The Bertz CT molecular complexity index is 686. The average molecular weight is 375 g/mol. The lowest BCUT2D eigenvalue weighted by Crippen LogP contribution is -2.27. The Morgan fingerprint density at radius 1 is 1.43 bits per heavy atom. The zero-order valence-electron chi connectivity index (χ0n) is 13.2. The quantitative estimate of drug-likeness (QED) is 0.784. The van der Waals surface area contributed by atoms with Gasteiger partial charge in [0.25, 0.3) is 5.91 Å². The van der Waals surface area contributed by atoms with Crippen molar-refractivity contribution >= 4 is 51.4 Å². The average Bonchev–Trinajstić information content (AvgIpc) is 2.84. The van der Waals surface area contributed by atoms with E-state index in [1.54, 1.807) is 6.92 Å².